The number of anilines is 1. The fraction of sp³-hybridized carbons (Fsp3) is 0.615. The average Bonchev–Trinajstić information content (AvgIpc) is 2.25. The molecule has 0 fully saturated rings. The molecule has 1 rings (SSSR count). The summed E-state index contributed by atoms with van der Waals surface area (Å²) < 4.78 is 5.64. The molecule has 0 aliphatic rings. The largest absolute Gasteiger partial charge is 0.492 e. The van der Waals surface area contributed by atoms with Crippen molar-refractivity contribution in [1.82, 2.24) is 4.98 Å². The van der Waals surface area contributed by atoms with Gasteiger partial charge in [-0.3, -0.25) is 4.98 Å². The summed E-state index contributed by atoms with van der Waals surface area (Å²) in [5.74, 6) is 1.59. The zero-order chi connectivity index (χ0) is 11.8. The number of ether oxygens (including phenoxy) is 1. The second-order valence-electron chi connectivity index (χ2n) is 4.32. The summed E-state index contributed by atoms with van der Waals surface area (Å²) in [6.45, 7) is 8.20. The van der Waals surface area contributed by atoms with Gasteiger partial charge < -0.3 is 10.1 Å². The Kier molecular flexibility index (Phi) is 5.68. The fourth-order valence-corrected chi connectivity index (χ4v) is 1.48. The van der Waals surface area contributed by atoms with E-state index in [-0.39, 0.29) is 0 Å². The topological polar surface area (TPSA) is 34.2 Å². The van der Waals surface area contributed by atoms with Crippen molar-refractivity contribution in [2.75, 3.05) is 18.5 Å². The van der Waals surface area contributed by atoms with Gasteiger partial charge in [-0.1, -0.05) is 13.8 Å². The van der Waals surface area contributed by atoms with Gasteiger partial charge in [0, 0.05) is 12.6 Å². The lowest BCUT2D eigenvalue weighted by molar-refractivity contribution is 0.297. The standard InChI is InChI=1S/C13H22N2O/c1-4-15-12-8-13(10-14-9-12)16-7-5-6-11(2)3/h8-11,15H,4-7H2,1-3H3. The molecule has 0 amide bonds. The highest BCUT2D eigenvalue weighted by molar-refractivity contribution is 5.44. The van der Waals surface area contributed by atoms with E-state index in [0.29, 0.717) is 0 Å². The van der Waals surface area contributed by atoms with Gasteiger partial charge in [-0.05, 0) is 25.7 Å². The number of aromatic nitrogens is 1. The number of hydrogen-bond donors (Lipinski definition) is 1. The van der Waals surface area contributed by atoms with E-state index < -0.39 is 0 Å². The van der Waals surface area contributed by atoms with Crippen LogP contribution in [0.3, 0.4) is 0 Å². The maximum atomic E-state index is 5.64. The Labute approximate surface area is 98.2 Å². The van der Waals surface area contributed by atoms with E-state index in [1.807, 2.05) is 12.3 Å². The minimum absolute atomic E-state index is 0.745. The molecule has 0 radical (unpaired) electrons. The van der Waals surface area contributed by atoms with Crippen LogP contribution in [-0.2, 0) is 0 Å². The molecule has 0 aliphatic carbocycles. The smallest absolute Gasteiger partial charge is 0.139 e. The van der Waals surface area contributed by atoms with Gasteiger partial charge in [-0.25, -0.2) is 0 Å². The van der Waals surface area contributed by atoms with Crippen LogP contribution in [0.1, 0.15) is 33.6 Å². The number of nitrogens with one attached hydrogen (secondary N) is 1. The number of hydrogen-bond acceptors (Lipinski definition) is 3. The van der Waals surface area contributed by atoms with Crippen molar-refractivity contribution in [3.8, 4) is 5.75 Å². The van der Waals surface area contributed by atoms with Gasteiger partial charge in [0.2, 0.25) is 0 Å². The van der Waals surface area contributed by atoms with Gasteiger partial charge in [0.05, 0.1) is 24.7 Å². The molecule has 0 saturated carbocycles. The third-order valence-corrected chi connectivity index (χ3v) is 2.29. The lowest BCUT2D eigenvalue weighted by Gasteiger charge is -2.09. The second-order valence-corrected chi connectivity index (χ2v) is 4.32. The van der Waals surface area contributed by atoms with Crippen molar-refractivity contribution in [1.29, 1.82) is 0 Å². The summed E-state index contributed by atoms with van der Waals surface area (Å²) in [6, 6.07) is 1.99. The zero-order valence-corrected chi connectivity index (χ0v) is 10.5. The maximum absolute atomic E-state index is 5.64. The molecule has 16 heavy (non-hydrogen) atoms. The van der Waals surface area contributed by atoms with Crippen LogP contribution in [0.5, 0.6) is 5.75 Å². The molecule has 1 aromatic rings. The maximum Gasteiger partial charge on any atom is 0.139 e. The predicted molar refractivity (Wildman–Crippen MR) is 68.0 cm³/mol. The molecule has 3 heteroatoms. The molecule has 90 valence electrons. The molecule has 0 unspecified atom stereocenters. The van der Waals surface area contributed by atoms with E-state index in [1.54, 1.807) is 6.20 Å². The van der Waals surface area contributed by atoms with Crippen molar-refractivity contribution in [2.24, 2.45) is 5.92 Å². The number of nitrogens with zero attached hydrogens (tertiary/aromatic N) is 1. The fourth-order valence-electron chi connectivity index (χ4n) is 1.48. The average molecular weight is 222 g/mol. The van der Waals surface area contributed by atoms with Gasteiger partial charge in [0.25, 0.3) is 0 Å². The van der Waals surface area contributed by atoms with Crippen LogP contribution in [0, 0.1) is 5.92 Å². The van der Waals surface area contributed by atoms with Crippen LogP contribution in [0.4, 0.5) is 5.69 Å². The van der Waals surface area contributed by atoms with Gasteiger partial charge in [0.15, 0.2) is 0 Å². The van der Waals surface area contributed by atoms with Crippen LogP contribution >= 0.6 is 0 Å². The molecule has 1 aromatic heterocycles. The van der Waals surface area contributed by atoms with E-state index >= 15 is 0 Å². The van der Waals surface area contributed by atoms with E-state index in [2.05, 4.69) is 31.1 Å². The molecule has 0 aliphatic heterocycles. The molecular formula is C13H22N2O. The molecule has 3 nitrogen and oxygen atoms in total. The normalized spacial score (nSPS) is 10.5. The molecule has 0 atom stereocenters. The molecule has 0 saturated heterocycles. The summed E-state index contributed by atoms with van der Waals surface area (Å²) in [4.78, 5) is 4.13. The first-order valence-electron chi connectivity index (χ1n) is 6.04. The van der Waals surface area contributed by atoms with E-state index in [0.717, 1.165) is 36.9 Å². The highest BCUT2D eigenvalue weighted by atomic mass is 16.5. The highest BCUT2D eigenvalue weighted by Crippen LogP contribution is 2.15. The van der Waals surface area contributed by atoms with Gasteiger partial charge in [-0.15, -0.1) is 0 Å². The lowest BCUT2D eigenvalue weighted by atomic mass is 10.1. The Morgan fingerprint density at radius 2 is 2.19 bits per heavy atom. The van der Waals surface area contributed by atoms with Crippen molar-refractivity contribution in [3.05, 3.63) is 18.5 Å². The van der Waals surface area contributed by atoms with Crippen LogP contribution in [0.15, 0.2) is 18.5 Å². The molecule has 0 bridgehead atoms. The minimum Gasteiger partial charge on any atom is -0.492 e. The third kappa shape index (κ3) is 5.01. The Balaban J connectivity index is 2.33. The van der Waals surface area contributed by atoms with Crippen LogP contribution in [-0.4, -0.2) is 18.1 Å². The summed E-state index contributed by atoms with van der Waals surface area (Å²) in [5, 5.41) is 3.21. The van der Waals surface area contributed by atoms with E-state index in [9.17, 15) is 0 Å². The Hall–Kier alpha value is -1.25. The predicted octanol–water partition coefficient (Wildman–Crippen LogP) is 3.33. The van der Waals surface area contributed by atoms with Crippen molar-refractivity contribution in [3.63, 3.8) is 0 Å². The van der Waals surface area contributed by atoms with Gasteiger partial charge in [0.1, 0.15) is 5.75 Å². The molecule has 1 heterocycles. The summed E-state index contributed by atoms with van der Waals surface area (Å²) in [6.07, 6.45) is 5.88. The first-order chi connectivity index (χ1) is 7.72. The molecule has 0 spiro atoms. The number of rotatable bonds is 7. The minimum atomic E-state index is 0.745. The molecular weight excluding hydrogens is 200 g/mol. The SMILES string of the molecule is CCNc1cncc(OCCCC(C)C)c1. The first-order valence-corrected chi connectivity index (χ1v) is 6.04. The summed E-state index contributed by atoms with van der Waals surface area (Å²) in [5.41, 5.74) is 1.02. The van der Waals surface area contributed by atoms with E-state index in [1.165, 1.54) is 6.42 Å². The summed E-state index contributed by atoms with van der Waals surface area (Å²) in [7, 11) is 0. The molecule has 0 aromatic carbocycles. The van der Waals surface area contributed by atoms with Crippen LogP contribution in [0.2, 0.25) is 0 Å². The number of pyridine rings is 1. The third-order valence-electron chi connectivity index (χ3n) is 2.29. The lowest BCUT2D eigenvalue weighted by Crippen LogP contribution is -2.01. The highest BCUT2D eigenvalue weighted by Gasteiger charge is 1.98. The Morgan fingerprint density at radius 1 is 1.38 bits per heavy atom. The zero-order valence-electron chi connectivity index (χ0n) is 10.5. The van der Waals surface area contributed by atoms with Crippen molar-refractivity contribution < 1.29 is 4.74 Å². The van der Waals surface area contributed by atoms with Gasteiger partial charge in [-0.2, -0.15) is 0 Å². The van der Waals surface area contributed by atoms with Crippen molar-refractivity contribution in [2.45, 2.75) is 33.6 Å². The van der Waals surface area contributed by atoms with Crippen LogP contribution in [0.25, 0.3) is 0 Å². The Bertz CT molecular complexity index is 300. The summed E-state index contributed by atoms with van der Waals surface area (Å²) >= 11 is 0. The Morgan fingerprint density at radius 3 is 2.88 bits per heavy atom. The van der Waals surface area contributed by atoms with E-state index in [4.69, 9.17) is 4.74 Å². The monoisotopic (exact) mass is 222 g/mol. The van der Waals surface area contributed by atoms with Crippen LogP contribution < -0.4 is 10.1 Å². The van der Waals surface area contributed by atoms with Crippen molar-refractivity contribution >= 4 is 5.69 Å². The first kappa shape index (κ1) is 12.8. The second kappa shape index (κ2) is 7.09. The van der Waals surface area contributed by atoms with Gasteiger partial charge >= 0.3 is 0 Å². The quantitative estimate of drug-likeness (QED) is 0.718. The molecule has 1 N–H and O–H groups in total.